The molecular weight excluding hydrogens is 308 g/mol. The number of benzene rings is 1. The normalized spacial score (nSPS) is 21.0. The van der Waals surface area contributed by atoms with Gasteiger partial charge in [-0.3, -0.25) is 4.79 Å². The van der Waals surface area contributed by atoms with Crippen molar-refractivity contribution < 1.29 is 4.79 Å². The Labute approximate surface area is 139 Å². The number of nitrogens with one attached hydrogen (secondary N) is 1. The van der Waals surface area contributed by atoms with Crippen molar-refractivity contribution in [3.05, 3.63) is 40.4 Å². The van der Waals surface area contributed by atoms with Crippen molar-refractivity contribution in [2.45, 2.75) is 44.7 Å². The van der Waals surface area contributed by atoms with E-state index < -0.39 is 0 Å². The van der Waals surface area contributed by atoms with Gasteiger partial charge in [-0.05, 0) is 31.7 Å². The zero-order chi connectivity index (χ0) is 15.8. The number of carbonyl (C=O) groups excluding carboxylic acids is 1. The lowest BCUT2D eigenvalue weighted by atomic mass is 10.1. The highest BCUT2D eigenvalue weighted by molar-refractivity contribution is 7.15. The number of hydrogen-bond donors (Lipinski definition) is 1. The van der Waals surface area contributed by atoms with Crippen LogP contribution in [0, 0.1) is 6.92 Å². The highest BCUT2D eigenvalue weighted by Gasteiger charge is 2.33. The number of nitrogens with zero attached hydrogens (tertiary/aromatic N) is 3. The van der Waals surface area contributed by atoms with Gasteiger partial charge in [0.15, 0.2) is 0 Å². The molecule has 120 valence electrons. The number of rotatable bonds is 5. The summed E-state index contributed by atoms with van der Waals surface area (Å²) in [5, 5.41) is 13.6. The Hall–Kier alpha value is -1.95. The van der Waals surface area contributed by atoms with Crippen LogP contribution >= 0.6 is 11.3 Å². The molecule has 0 spiro atoms. The second kappa shape index (κ2) is 5.92. The summed E-state index contributed by atoms with van der Waals surface area (Å²) in [4.78, 5) is 14.5. The molecule has 5 nitrogen and oxygen atoms in total. The van der Waals surface area contributed by atoms with Crippen LogP contribution in [0.2, 0.25) is 0 Å². The number of aryl methyl sites for hydroxylation is 1. The van der Waals surface area contributed by atoms with Crippen LogP contribution in [-0.2, 0) is 11.3 Å². The third-order valence-corrected chi connectivity index (χ3v) is 5.47. The molecule has 1 N–H and O–H groups in total. The van der Waals surface area contributed by atoms with Crippen molar-refractivity contribution in [1.29, 1.82) is 0 Å². The van der Waals surface area contributed by atoms with E-state index in [4.69, 9.17) is 0 Å². The minimum atomic E-state index is -0.166. The molecule has 1 saturated heterocycles. The Morgan fingerprint density at radius 2 is 2.00 bits per heavy atom. The standard InChI is InChI=1S/C17H20N4OS/c1-11-2-4-12(5-3-11)10-21-9-8-14(16(21)22)18-17-20-19-15(23-17)13-6-7-13/h2-5,13-14H,6-10H2,1H3,(H,18,20). The summed E-state index contributed by atoms with van der Waals surface area (Å²) in [6.45, 7) is 3.54. The molecule has 1 amide bonds. The fraction of sp³-hybridized carbons (Fsp3) is 0.471. The zero-order valence-electron chi connectivity index (χ0n) is 13.2. The maximum atomic E-state index is 12.6. The Bertz CT molecular complexity index is 708. The van der Waals surface area contributed by atoms with Crippen LogP contribution in [0.1, 0.15) is 41.3 Å². The molecule has 2 heterocycles. The van der Waals surface area contributed by atoms with Crippen LogP contribution in [0.4, 0.5) is 5.13 Å². The van der Waals surface area contributed by atoms with Gasteiger partial charge in [-0.1, -0.05) is 41.2 Å². The van der Waals surface area contributed by atoms with Gasteiger partial charge in [0.05, 0.1) is 0 Å². The predicted octanol–water partition coefficient (Wildman–Crippen LogP) is 2.94. The second-order valence-corrected chi connectivity index (χ2v) is 7.46. The molecule has 4 rings (SSSR count). The number of amides is 1. The summed E-state index contributed by atoms with van der Waals surface area (Å²) in [7, 11) is 0. The van der Waals surface area contributed by atoms with Gasteiger partial charge in [0.1, 0.15) is 11.0 Å². The van der Waals surface area contributed by atoms with Gasteiger partial charge in [-0.2, -0.15) is 0 Å². The van der Waals surface area contributed by atoms with Crippen molar-refractivity contribution in [3.8, 4) is 0 Å². The molecule has 1 unspecified atom stereocenters. The highest BCUT2D eigenvalue weighted by atomic mass is 32.1. The summed E-state index contributed by atoms with van der Waals surface area (Å²) in [5.74, 6) is 0.772. The third kappa shape index (κ3) is 3.22. The molecule has 2 aromatic rings. The predicted molar refractivity (Wildman–Crippen MR) is 90.5 cm³/mol. The van der Waals surface area contributed by atoms with Crippen LogP contribution in [-0.4, -0.2) is 33.6 Å². The van der Waals surface area contributed by atoms with Crippen molar-refractivity contribution in [1.82, 2.24) is 15.1 Å². The smallest absolute Gasteiger partial charge is 0.245 e. The quantitative estimate of drug-likeness (QED) is 0.917. The lowest BCUT2D eigenvalue weighted by molar-refractivity contribution is -0.128. The molecular formula is C17H20N4OS. The molecule has 1 atom stereocenters. The Balaban J connectivity index is 1.37. The van der Waals surface area contributed by atoms with Gasteiger partial charge in [0.25, 0.3) is 0 Å². The van der Waals surface area contributed by atoms with Gasteiger partial charge in [0, 0.05) is 19.0 Å². The Morgan fingerprint density at radius 3 is 2.74 bits per heavy atom. The fourth-order valence-electron chi connectivity index (χ4n) is 2.88. The van der Waals surface area contributed by atoms with E-state index in [0.29, 0.717) is 12.5 Å². The van der Waals surface area contributed by atoms with Gasteiger partial charge in [-0.15, -0.1) is 10.2 Å². The van der Waals surface area contributed by atoms with Crippen LogP contribution in [0.25, 0.3) is 0 Å². The van der Waals surface area contributed by atoms with Crippen LogP contribution < -0.4 is 5.32 Å². The van der Waals surface area contributed by atoms with E-state index in [1.54, 1.807) is 11.3 Å². The van der Waals surface area contributed by atoms with E-state index in [2.05, 4.69) is 46.7 Å². The first-order chi connectivity index (χ1) is 11.2. The van der Waals surface area contributed by atoms with E-state index in [9.17, 15) is 4.79 Å². The van der Waals surface area contributed by atoms with E-state index >= 15 is 0 Å². The van der Waals surface area contributed by atoms with Crippen LogP contribution in [0.5, 0.6) is 0 Å². The van der Waals surface area contributed by atoms with Gasteiger partial charge in [-0.25, -0.2) is 0 Å². The highest BCUT2D eigenvalue weighted by Crippen LogP contribution is 2.42. The van der Waals surface area contributed by atoms with Crippen molar-refractivity contribution in [2.75, 3.05) is 11.9 Å². The first-order valence-electron chi connectivity index (χ1n) is 8.13. The van der Waals surface area contributed by atoms with E-state index in [1.807, 2.05) is 4.90 Å². The molecule has 2 aliphatic rings. The third-order valence-electron chi connectivity index (χ3n) is 4.46. The lowest BCUT2D eigenvalue weighted by Crippen LogP contribution is -2.33. The van der Waals surface area contributed by atoms with Gasteiger partial charge in [0.2, 0.25) is 11.0 Å². The second-order valence-electron chi connectivity index (χ2n) is 6.45. The van der Waals surface area contributed by atoms with E-state index in [1.165, 1.54) is 24.0 Å². The molecule has 1 saturated carbocycles. The summed E-state index contributed by atoms with van der Waals surface area (Å²) in [6, 6.07) is 8.20. The summed E-state index contributed by atoms with van der Waals surface area (Å²) in [6.07, 6.45) is 3.27. The largest absolute Gasteiger partial charge is 0.348 e. The maximum Gasteiger partial charge on any atom is 0.245 e. The first-order valence-corrected chi connectivity index (χ1v) is 8.95. The van der Waals surface area contributed by atoms with Crippen molar-refractivity contribution in [2.24, 2.45) is 0 Å². The molecule has 23 heavy (non-hydrogen) atoms. The molecule has 6 heteroatoms. The average molecular weight is 328 g/mol. The fourth-order valence-corrected chi connectivity index (χ4v) is 3.85. The minimum absolute atomic E-state index is 0.161. The maximum absolute atomic E-state index is 12.6. The topological polar surface area (TPSA) is 58.1 Å². The Morgan fingerprint density at radius 1 is 1.22 bits per heavy atom. The molecule has 1 aromatic carbocycles. The number of likely N-dealkylation sites (tertiary alicyclic amines) is 1. The summed E-state index contributed by atoms with van der Waals surface area (Å²) in [5.41, 5.74) is 2.42. The van der Waals surface area contributed by atoms with Crippen LogP contribution in [0.15, 0.2) is 24.3 Å². The molecule has 0 bridgehead atoms. The molecule has 1 aliphatic heterocycles. The minimum Gasteiger partial charge on any atom is -0.348 e. The van der Waals surface area contributed by atoms with Crippen molar-refractivity contribution in [3.63, 3.8) is 0 Å². The van der Waals surface area contributed by atoms with Gasteiger partial charge < -0.3 is 10.2 Å². The molecule has 2 fully saturated rings. The number of carbonyl (C=O) groups is 1. The SMILES string of the molecule is Cc1ccc(CN2CCC(Nc3nnc(C4CC4)s3)C2=O)cc1. The van der Waals surface area contributed by atoms with Gasteiger partial charge >= 0.3 is 0 Å². The Kier molecular flexibility index (Phi) is 3.77. The first kappa shape index (κ1) is 14.6. The summed E-state index contributed by atoms with van der Waals surface area (Å²) < 4.78 is 0. The molecule has 1 aliphatic carbocycles. The molecule has 0 radical (unpaired) electrons. The summed E-state index contributed by atoms with van der Waals surface area (Å²) >= 11 is 1.60. The van der Waals surface area contributed by atoms with Crippen molar-refractivity contribution >= 4 is 22.4 Å². The van der Waals surface area contributed by atoms with E-state index in [0.717, 1.165) is 23.1 Å². The zero-order valence-corrected chi connectivity index (χ0v) is 14.0. The number of aromatic nitrogens is 2. The number of hydrogen-bond acceptors (Lipinski definition) is 5. The lowest BCUT2D eigenvalue weighted by Gasteiger charge is -2.17. The average Bonchev–Trinajstić information content (AvgIpc) is 3.22. The van der Waals surface area contributed by atoms with E-state index in [-0.39, 0.29) is 11.9 Å². The molecule has 1 aromatic heterocycles. The monoisotopic (exact) mass is 328 g/mol. The number of anilines is 1. The van der Waals surface area contributed by atoms with Crippen LogP contribution in [0.3, 0.4) is 0 Å².